The van der Waals surface area contributed by atoms with E-state index in [4.69, 9.17) is 11.6 Å². The molecular formula is C20H20ClN5O. The van der Waals surface area contributed by atoms with Gasteiger partial charge in [0.15, 0.2) is 5.82 Å². The van der Waals surface area contributed by atoms with E-state index in [0.717, 1.165) is 49.3 Å². The maximum Gasteiger partial charge on any atom is 0.250 e. The minimum Gasteiger partial charge on any atom is -0.313 e. The Balaban J connectivity index is 1.42. The van der Waals surface area contributed by atoms with E-state index in [-0.39, 0.29) is 11.5 Å². The molecule has 0 bridgehead atoms. The molecule has 1 saturated heterocycles. The maximum absolute atomic E-state index is 11.5. The predicted octanol–water partition coefficient (Wildman–Crippen LogP) is 3.26. The standard InChI is InChI=1S/C20H20ClN5O/c21-17-5-3-15(4-6-17)20-22-9-14(10-23-20)11-26-7-1-2-16(12-26)18-8-19(27)25-13-24-18/h3-6,8-10,13,16H,1-2,7,11-12H2,(H,24,25,27). The predicted molar refractivity (Wildman–Crippen MR) is 105 cm³/mol. The van der Waals surface area contributed by atoms with Crippen LogP contribution in [0.15, 0.2) is 53.8 Å². The van der Waals surface area contributed by atoms with E-state index >= 15 is 0 Å². The summed E-state index contributed by atoms with van der Waals surface area (Å²) in [5, 5.41) is 0.699. The van der Waals surface area contributed by atoms with Gasteiger partial charge in [-0.2, -0.15) is 0 Å². The molecule has 1 aromatic carbocycles. The number of halogens is 1. The molecule has 3 heterocycles. The van der Waals surface area contributed by atoms with Crippen molar-refractivity contribution in [2.45, 2.75) is 25.3 Å². The lowest BCUT2D eigenvalue weighted by Crippen LogP contribution is -2.34. The summed E-state index contributed by atoms with van der Waals surface area (Å²) in [5.41, 5.74) is 2.80. The van der Waals surface area contributed by atoms with E-state index in [2.05, 4.69) is 24.8 Å². The molecule has 6 nitrogen and oxygen atoms in total. The van der Waals surface area contributed by atoms with E-state index in [1.165, 1.54) is 6.33 Å². The van der Waals surface area contributed by atoms with Crippen LogP contribution in [0.3, 0.4) is 0 Å². The molecule has 0 amide bonds. The van der Waals surface area contributed by atoms with Crippen LogP contribution < -0.4 is 5.56 Å². The van der Waals surface area contributed by atoms with Gasteiger partial charge in [0.05, 0.1) is 12.0 Å². The smallest absolute Gasteiger partial charge is 0.250 e. The number of rotatable bonds is 4. The first-order valence-electron chi connectivity index (χ1n) is 9.01. The number of nitrogens with zero attached hydrogens (tertiary/aromatic N) is 4. The molecule has 7 heteroatoms. The van der Waals surface area contributed by atoms with Gasteiger partial charge in [-0.1, -0.05) is 11.6 Å². The van der Waals surface area contributed by atoms with Gasteiger partial charge in [0.2, 0.25) is 0 Å². The maximum atomic E-state index is 11.5. The van der Waals surface area contributed by atoms with Gasteiger partial charge < -0.3 is 4.98 Å². The largest absolute Gasteiger partial charge is 0.313 e. The normalized spacial score (nSPS) is 17.7. The van der Waals surface area contributed by atoms with Crippen LogP contribution in [0.25, 0.3) is 11.4 Å². The Kier molecular flexibility index (Phi) is 5.27. The molecule has 1 fully saturated rings. The van der Waals surface area contributed by atoms with Gasteiger partial charge in [-0.05, 0) is 43.7 Å². The van der Waals surface area contributed by atoms with Crippen LogP contribution >= 0.6 is 11.6 Å². The first kappa shape index (κ1) is 17.8. The highest BCUT2D eigenvalue weighted by molar-refractivity contribution is 6.30. The number of aromatic amines is 1. The van der Waals surface area contributed by atoms with Crippen LogP contribution in [0.2, 0.25) is 5.02 Å². The van der Waals surface area contributed by atoms with Crippen molar-refractivity contribution in [3.63, 3.8) is 0 Å². The quantitative estimate of drug-likeness (QED) is 0.750. The summed E-state index contributed by atoms with van der Waals surface area (Å²) < 4.78 is 0. The van der Waals surface area contributed by atoms with Gasteiger partial charge in [-0.3, -0.25) is 9.69 Å². The zero-order valence-corrected chi connectivity index (χ0v) is 15.6. The number of aromatic nitrogens is 4. The number of hydrogen-bond donors (Lipinski definition) is 1. The van der Waals surface area contributed by atoms with Crippen molar-refractivity contribution in [1.29, 1.82) is 0 Å². The van der Waals surface area contributed by atoms with Gasteiger partial charge in [-0.15, -0.1) is 0 Å². The highest BCUT2D eigenvalue weighted by Crippen LogP contribution is 2.25. The summed E-state index contributed by atoms with van der Waals surface area (Å²) in [6.07, 6.45) is 7.39. The van der Waals surface area contributed by atoms with E-state index < -0.39 is 0 Å². The number of hydrogen-bond acceptors (Lipinski definition) is 5. The Hall–Kier alpha value is -2.57. The lowest BCUT2D eigenvalue weighted by Gasteiger charge is -2.32. The third-order valence-electron chi connectivity index (χ3n) is 4.84. The fourth-order valence-electron chi connectivity index (χ4n) is 3.49. The van der Waals surface area contributed by atoms with E-state index in [9.17, 15) is 4.79 Å². The Bertz CT molecular complexity index is 955. The van der Waals surface area contributed by atoms with Crippen molar-refractivity contribution < 1.29 is 0 Å². The minimum atomic E-state index is -0.0942. The second kappa shape index (κ2) is 7.98. The lowest BCUT2D eigenvalue weighted by molar-refractivity contribution is 0.198. The molecule has 1 aliphatic heterocycles. The van der Waals surface area contributed by atoms with Gasteiger partial charge in [0.1, 0.15) is 0 Å². The van der Waals surface area contributed by atoms with E-state index in [1.807, 2.05) is 36.7 Å². The highest BCUT2D eigenvalue weighted by atomic mass is 35.5. The zero-order valence-electron chi connectivity index (χ0n) is 14.8. The molecule has 0 aliphatic carbocycles. The first-order chi connectivity index (χ1) is 13.2. The summed E-state index contributed by atoms with van der Waals surface area (Å²) in [4.78, 5) is 29.8. The van der Waals surface area contributed by atoms with Crippen molar-refractivity contribution >= 4 is 11.6 Å². The van der Waals surface area contributed by atoms with Gasteiger partial charge in [0.25, 0.3) is 5.56 Å². The number of likely N-dealkylation sites (tertiary alicyclic amines) is 1. The van der Waals surface area contributed by atoms with Crippen molar-refractivity contribution in [1.82, 2.24) is 24.8 Å². The molecule has 0 radical (unpaired) electrons. The molecule has 0 spiro atoms. The van der Waals surface area contributed by atoms with Crippen LogP contribution in [0.5, 0.6) is 0 Å². The van der Waals surface area contributed by atoms with Crippen LogP contribution in [0.4, 0.5) is 0 Å². The fourth-order valence-corrected chi connectivity index (χ4v) is 3.62. The van der Waals surface area contributed by atoms with Crippen LogP contribution in [-0.2, 0) is 6.54 Å². The van der Waals surface area contributed by atoms with Gasteiger partial charge >= 0.3 is 0 Å². The molecule has 1 unspecified atom stereocenters. The van der Waals surface area contributed by atoms with Crippen molar-refractivity contribution in [3.05, 3.63) is 75.7 Å². The molecule has 1 atom stereocenters. The monoisotopic (exact) mass is 381 g/mol. The van der Waals surface area contributed by atoms with E-state index in [0.29, 0.717) is 10.8 Å². The summed E-state index contributed by atoms with van der Waals surface area (Å²) in [6, 6.07) is 9.12. The third-order valence-corrected chi connectivity index (χ3v) is 5.09. The summed E-state index contributed by atoms with van der Waals surface area (Å²) in [7, 11) is 0. The topological polar surface area (TPSA) is 74.8 Å². The number of benzene rings is 1. The third kappa shape index (κ3) is 4.40. The molecule has 2 aromatic heterocycles. The average Bonchev–Trinajstić information content (AvgIpc) is 2.70. The molecule has 138 valence electrons. The Morgan fingerprint density at radius 1 is 1.15 bits per heavy atom. The van der Waals surface area contributed by atoms with Crippen molar-refractivity contribution in [2.24, 2.45) is 0 Å². The lowest BCUT2D eigenvalue weighted by atomic mass is 9.94. The summed E-state index contributed by atoms with van der Waals surface area (Å²) in [6.45, 7) is 2.70. The van der Waals surface area contributed by atoms with Gasteiger partial charge in [0, 0.05) is 53.6 Å². The Morgan fingerprint density at radius 2 is 1.93 bits per heavy atom. The number of H-pyrrole nitrogens is 1. The van der Waals surface area contributed by atoms with Crippen molar-refractivity contribution in [2.75, 3.05) is 13.1 Å². The molecule has 27 heavy (non-hydrogen) atoms. The minimum absolute atomic E-state index is 0.0942. The van der Waals surface area contributed by atoms with Crippen LogP contribution in [-0.4, -0.2) is 37.9 Å². The SMILES string of the molecule is O=c1cc(C2CCCN(Cc3cnc(-c4ccc(Cl)cc4)nc3)C2)nc[nH]1. The molecule has 1 aliphatic rings. The summed E-state index contributed by atoms with van der Waals surface area (Å²) >= 11 is 5.93. The Labute approximate surface area is 162 Å². The number of nitrogens with one attached hydrogen (secondary N) is 1. The second-order valence-corrected chi connectivity index (χ2v) is 7.27. The molecule has 3 aromatic rings. The molecule has 0 saturated carbocycles. The zero-order chi connectivity index (χ0) is 18.6. The Morgan fingerprint density at radius 3 is 2.67 bits per heavy atom. The molecule has 1 N–H and O–H groups in total. The van der Waals surface area contributed by atoms with Crippen molar-refractivity contribution in [3.8, 4) is 11.4 Å². The average molecular weight is 382 g/mol. The van der Waals surface area contributed by atoms with E-state index in [1.54, 1.807) is 6.07 Å². The summed E-state index contributed by atoms with van der Waals surface area (Å²) in [5.74, 6) is 0.981. The van der Waals surface area contributed by atoms with Crippen LogP contribution in [0.1, 0.15) is 30.0 Å². The highest BCUT2D eigenvalue weighted by Gasteiger charge is 2.22. The molecular weight excluding hydrogens is 362 g/mol. The molecule has 4 rings (SSSR count). The second-order valence-electron chi connectivity index (χ2n) is 6.83. The first-order valence-corrected chi connectivity index (χ1v) is 9.39. The van der Waals surface area contributed by atoms with Gasteiger partial charge in [-0.25, -0.2) is 15.0 Å². The van der Waals surface area contributed by atoms with Crippen LogP contribution in [0, 0.1) is 0 Å². The number of piperidine rings is 1. The fraction of sp³-hybridized carbons (Fsp3) is 0.300.